The minimum absolute atomic E-state index is 0.0109. The zero-order valence-electron chi connectivity index (χ0n) is 18.8. The summed E-state index contributed by atoms with van der Waals surface area (Å²) in [5, 5.41) is 2.88. The summed E-state index contributed by atoms with van der Waals surface area (Å²) in [7, 11) is -5.09. The largest absolute Gasteiger partial charge is 0.483 e. The molecule has 13 heteroatoms. The van der Waals surface area contributed by atoms with E-state index in [4.69, 9.17) is 9.52 Å². The number of hydrogen-bond donors (Lipinski definition) is 2. The van der Waals surface area contributed by atoms with E-state index in [0.29, 0.717) is 45.1 Å². The quantitative estimate of drug-likeness (QED) is 0.601. The zero-order chi connectivity index (χ0) is 25.2. The van der Waals surface area contributed by atoms with Gasteiger partial charge in [0.1, 0.15) is 12.4 Å². The van der Waals surface area contributed by atoms with Gasteiger partial charge in [0.2, 0.25) is 5.91 Å². The number of fused-ring (bicyclic) bond motifs is 1. The van der Waals surface area contributed by atoms with Crippen LogP contribution in [0, 0.1) is 21.9 Å². The molecule has 1 aromatic rings. The molecule has 35 heavy (non-hydrogen) atoms. The fourth-order valence-corrected chi connectivity index (χ4v) is 6.65. The first-order valence-electron chi connectivity index (χ1n) is 11.5. The number of rotatable bonds is 3. The number of benzene rings is 1. The van der Waals surface area contributed by atoms with Crippen LogP contribution in [0.4, 0.5) is 22.4 Å². The topological polar surface area (TPSA) is 103 Å². The lowest BCUT2D eigenvalue weighted by molar-refractivity contribution is -0.140. The van der Waals surface area contributed by atoms with Crippen LogP contribution in [0.2, 0.25) is 0 Å². The smallest absolute Gasteiger partial charge is 0.366 e. The number of nitrogens with zero attached hydrogens (tertiary/aromatic N) is 2. The number of piperidine rings is 1. The van der Waals surface area contributed by atoms with E-state index < -0.39 is 26.0 Å². The van der Waals surface area contributed by atoms with Crippen LogP contribution in [0.1, 0.15) is 24.8 Å². The Kier molecular flexibility index (Phi) is 5.78. The van der Waals surface area contributed by atoms with Crippen molar-refractivity contribution in [2.45, 2.75) is 48.2 Å². The van der Waals surface area contributed by atoms with Gasteiger partial charge in [-0.1, -0.05) is 6.07 Å². The third-order valence-electron chi connectivity index (χ3n) is 7.55. The van der Waals surface area contributed by atoms with Gasteiger partial charge in [-0.25, -0.2) is 18.2 Å². The predicted molar refractivity (Wildman–Crippen MR) is 115 cm³/mol. The van der Waals surface area contributed by atoms with Crippen molar-refractivity contribution in [3.05, 3.63) is 29.6 Å². The fraction of sp³-hybridized carbons (Fsp3) is 0.636. The van der Waals surface area contributed by atoms with Crippen molar-refractivity contribution in [2.75, 3.05) is 32.8 Å². The first-order valence-corrected chi connectivity index (χ1v) is 13.0. The SMILES string of the molecule is N=S(=O)(c1ccc(CC2CC3(C2)CN(C(=O)N2CC[C@@H]4OCC(=O)N[C@@H]4C2)C3)c(F)c1)C(F)(F)F. The molecular formula is C22H26F4N4O4S. The molecule has 3 saturated heterocycles. The molecule has 2 N–H and O–H groups in total. The Hall–Kier alpha value is -2.41. The second-order valence-electron chi connectivity index (χ2n) is 10.1. The number of carbonyl (C=O) groups is 2. The molecule has 1 spiro atoms. The third-order valence-corrected chi connectivity index (χ3v) is 9.12. The molecule has 0 aromatic heterocycles. The van der Waals surface area contributed by atoms with Crippen LogP contribution in [-0.4, -0.2) is 76.4 Å². The molecule has 3 aliphatic heterocycles. The summed E-state index contributed by atoms with van der Waals surface area (Å²) in [6.45, 7) is 2.23. The van der Waals surface area contributed by atoms with Crippen molar-refractivity contribution in [3.8, 4) is 0 Å². The van der Waals surface area contributed by atoms with Crippen LogP contribution in [0.3, 0.4) is 0 Å². The summed E-state index contributed by atoms with van der Waals surface area (Å²) >= 11 is 0. The van der Waals surface area contributed by atoms with Gasteiger partial charge in [-0.15, -0.1) is 0 Å². The number of carbonyl (C=O) groups excluding carboxylic acids is 2. The van der Waals surface area contributed by atoms with E-state index in [9.17, 15) is 31.4 Å². The molecular weight excluding hydrogens is 492 g/mol. The predicted octanol–water partition coefficient (Wildman–Crippen LogP) is 2.71. The lowest BCUT2D eigenvalue weighted by Crippen LogP contribution is -2.68. The molecule has 3 atom stereocenters. The van der Waals surface area contributed by atoms with E-state index in [1.807, 2.05) is 0 Å². The van der Waals surface area contributed by atoms with Crippen LogP contribution in [-0.2, 0) is 25.7 Å². The Morgan fingerprint density at radius 1 is 1.26 bits per heavy atom. The van der Waals surface area contributed by atoms with Crippen molar-refractivity contribution >= 4 is 21.7 Å². The number of hydrogen-bond acceptors (Lipinski definition) is 5. The highest BCUT2D eigenvalue weighted by Gasteiger charge is 2.54. The molecule has 4 aliphatic rings. The summed E-state index contributed by atoms with van der Waals surface area (Å²) < 4.78 is 77.2. The van der Waals surface area contributed by atoms with Crippen LogP contribution >= 0.6 is 0 Å². The zero-order valence-corrected chi connectivity index (χ0v) is 19.6. The van der Waals surface area contributed by atoms with E-state index in [0.717, 1.165) is 18.9 Å². The molecule has 0 bridgehead atoms. The maximum absolute atomic E-state index is 14.4. The highest BCUT2D eigenvalue weighted by molar-refractivity contribution is 7.93. The van der Waals surface area contributed by atoms with E-state index in [1.54, 1.807) is 9.80 Å². The molecule has 1 unspecified atom stereocenters. The standard InChI is InChI=1S/C22H26F4N4O4S/c23-16-6-15(35(27,33)22(24,25)26)2-1-14(16)5-13-7-21(8-13)11-30(12-21)20(32)29-4-3-18-17(9-29)28-19(31)10-34-18/h1-2,6,13,17-18,27H,3-5,7-12H2,(H,28,31)/t17-,18+,35?/m1/s1. The minimum Gasteiger partial charge on any atom is -0.366 e. The number of nitrogens with one attached hydrogen (secondary N) is 2. The lowest BCUT2D eigenvalue weighted by Gasteiger charge is -2.60. The molecule has 3 amide bonds. The first kappa shape index (κ1) is 24.3. The minimum atomic E-state index is -5.26. The van der Waals surface area contributed by atoms with Gasteiger partial charge in [0.05, 0.1) is 17.0 Å². The average molecular weight is 519 g/mol. The van der Waals surface area contributed by atoms with Crippen molar-refractivity contribution in [1.82, 2.24) is 15.1 Å². The monoisotopic (exact) mass is 518 g/mol. The Morgan fingerprint density at radius 3 is 2.63 bits per heavy atom. The van der Waals surface area contributed by atoms with Crippen LogP contribution in [0.5, 0.6) is 0 Å². The normalized spacial score (nSPS) is 27.9. The molecule has 3 heterocycles. The van der Waals surface area contributed by atoms with E-state index in [1.165, 1.54) is 6.07 Å². The van der Waals surface area contributed by atoms with Crippen molar-refractivity contribution < 1.29 is 36.1 Å². The molecule has 1 saturated carbocycles. The Bertz CT molecular complexity index is 1140. The molecule has 0 radical (unpaired) electrons. The number of morpholine rings is 1. The Labute approximate surface area is 199 Å². The van der Waals surface area contributed by atoms with Gasteiger partial charge in [-0.05, 0) is 49.3 Å². The van der Waals surface area contributed by atoms with Gasteiger partial charge in [-0.2, -0.15) is 13.2 Å². The van der Waals surface area contributed by atoms with E-state index in [-0.39, 0.29) is 47.6 Å². The number of urea groups is 1. The van der Waals surface area contributed by atoms with Gasteiger partial charge >= 0.3 is 11.5 Å². The fourth-order valence-electron chi connectivity index (χ4n) is 5.86. The van der Waals surface area contributed by atoms with E-state index in [2.05, 4.69) is 5.32 Å². The summed E-state index contributed by atoms with van der Waals surface area (Å²) in [6.07, 6.45) is 2.50. The van der Waals surface area contributed by atoms with Crippen molar-refractivity contribution in [1.29, 1.82) is 4.78 Å². The molecule has 1 aliphatic carbocycles. The van der Waals surface area contributed by atoms with Gasteiger partial charge in [0.15, 0.2) is 9.73 Å². The third kappa shape index (κ3) is 4.37. The van der Waals surface area contributed by atoms with Gasteiger partial charge in [-0.3, -0.25) is 4.79 Å². The maximum Gasteiger partial charge on any atom is 0.483 e. The number of amides is 3. The number of alkyl halides is 3. The molecule has 1 aromatic carbocycles. The lowest BCUT2D eigenvalue weighted by atomic mass is 9.56. The van der Waals surface area contributed by atoms with Crippen LogP contribution in [0.15, 0.2) is 23.1 Å². The summed E-state index contributed by atoms with van der Waals surface area (Å²) in [5.74, 6) is -0.926. The highest BCUT2D eigenvalue weighted by Crippen LogP contribution is 2.53. The number of ether oxygens (including phenoxy) is 1. The number of halogens is 4. The summed E-state index contributed by atoms with van der Waals surface area (Å²) in [5.41, 5.74) is -5.04. The van der Waals surface area contributed by atoms with Gasteiger partial charge in [0.25, 0.3) is 0 Å². The van der Waals surface area contributed by atoms with Gasteiger partial charge < -0.3 is 19.9 Å². The molecule has 4 fully saturated rings. The average Bonchev–Trinajstić information content (AvgIpc) is 2.73. The Morgan fingerprint density at radius 2 is 1.97 bits per heavy atom. The first-order chi connectivity index (χ1) is 16.4. The summed E-state index contributed by atoms with van der Waals surface area (Å²) in [6, 6.07) is 2.39. The van der Waals surface area contributed by atoms with Crippen LogP contribution in [0.25, 0.3) is 0 Å². The second-order valence-corrected chi connectivity index (χ2v) is 12.2. The molecule has 8 nitrogen and oxygen atoms in total. The highest BCUT2D eigenvalue weighted by atomic mass is 32.2. The van der Waals surface area contributed by atoms with Crippen LogP contribution < -0.4 is 5.32 Å². The van der Waals surface area contributed by atoms with Crippen molar-refractivity contribution in [3.63, 3.8) is 0 Å². The molecule has 5 rings (SSSR count). The Balaban J connectivity index is 1.11. The number of likely N-dealkylation sites (tertiary alicyclic amines) is 2. The second kappa shape index (κ2) is 8.32. The van der Waals surface area contributed by atoms with E-state index >= 15 is 0 Å². The van der Waals surface area contributed by atoms with Crippen molar-refractivity contribution in [2.24, 2.45) is 11.3 Å². The maximum atomic E-state index is 14.4. The summed E-state index contributed by atoms with van der Waals surface area (Å²) in [4.78, 5) is 27.1. The van der Waals surface area contributed by atoms with Gasteiger partial charge in [0, 0.05) is 31.6 Å². The molecule has 192 valence electrons.